The molecule has 3 heterocycles. The van der Waals surface area contributed by atoms with Gasteiger partial charge in [-0.1, -0.05) is 13.8 Å². The van der Waals surface area contributed by atoms with Gasteiger partial charge in [-0.3, -0.25) is 0 Å². The number of aliphatic hydroxyl groups excluding tert-OH is 2. The normalized spacial score (nSPS) is 61.7. The van der Waals surface area contributed by atoms with Crippen LogP contribution < -0.4 is 0 Å². The van der Waals surface area contributed by atoms with E-state index in [1.807, 2.05) is 13.8 Å². The van der Waals surface area contributed by atoms with E-state index in [-0.39, 0.29) is 47.6 Å². The van der Waals surface area contributed by atoms with Crippen molar-refractivity contribution in [3.63, 3.8) is 0 Å². The van der Waals surface area contributed by atoms with Crippen molar-refractivity contribution in [1.29, 1.82) is 0 Å². The summed E-state index contributed by atoms with van der Waals surface area (Å²) in [6.07, 6.45) is 2.60. The van der Waals surface area contributed by atoms with E-state index in [1.54, 1.807) is 0 Å². The van der Waals surface area contributed by atoms with Gasteiger partial charge in [-0.15, -0.1) is 0 Å². The quantitative estimate of drug-likeness (QED) is 0.540. The average molecular weight is 362 g/mol. The van der Waals surface area contributed by atoms with E-state index in [1.165, 1.54) is 0 Å². The third kappa shape index (κ3) is 1.41. The van der Waals surface area contributed by atoms with Crippen molar-refractivity contribution in [2.75, 3.05) is 6.61 Å². The lowest BCUT2D eigenvalue weighted by Gasteiger charge is -2.61. The van der Waals surface area contributed by atoms with Gasteiger partial charge in [-0.25, -0.2) is 4.79 Å². The Balaban J connectivity index is 1.47. The lowest BCUT2D eigenvalue weighted by atomic mass is 9.43. The molecule has 6 aliphatic rings. The van der Waals surface area contributed by atoms with Crippen LogP contribution in [0, 0.1) is 22.7 Å². The molecule has 3 aliphatic carbocycles. The zero-order valence-corrected chi connectivity index (χ0v) is 15.4. The average Bonchev–Trinajstić information content (AvgIpc) is 3.47. The summed E-state index contributed by atoms with van der Waals surface area (Å²) in [7, 11) is 0. The maximum Gasteiger partial charge on any atom is 0.336 e. The molecule has 2 N–H and O–H groups in total. The highest BCUT2D eigenvalue weighted by Gasteiger charge is 2.88. The monoisotopic (exact) mass is 362 g/mol. The molecule has 142 valence electrons. The van der Waals surface area contributed by atoms with Gasteiger partial charge in [0.05, 0.1) is 12.7 Å². The highest BCUT2D eigenvalue weighted by molar-refractivity contribution is 5.93. The summed E-state index contributed by atoms with van der Waals surface area (Å²) in [4.78, 5) is 12.2. The van der Waals surface area contributed by atoms with Crippen molar-refractivity contribution in [2.45, 2.75) is 76.2 Å². The van der Waals surface area contributed by atoms with Crippen molar-refractivity contribution < 1.29 is 29.2 Å². The highest BCUT2D eigenvalue weighted by atomic mass is 16.8. The molecule has 6 rings (SSSR count). The minimum Gasteiger partial charge on any atom is -0.422 e. The standard InChI is InChI=1S/C20H26O6/c1-9-12-14-19(24-14)7-4-10-17(2,6-5-11(22)18(10,3)8-21)13(19)15-20(12,25-15)26-16(9)23/h10-11,13-15,21-22H,4-8H2,1-3H3/t10-,11+,13-,14?,15+,17+,18-,19?,20?/m0/s1. The number of hydrogen-bond acceptors (Lipinski definition) is 6. The molecule has 0 amide bonds. The van der Waals surface area contributed by atoms with Crippen molar-refractivity contribution in [2.24, 2.45) is 22.7 Å². The molecule has 0 aromatic rings. The molecule has 0 aromatic carbocycles. The minimum absolute atomic E-state index is 0.0195. The molecule has 2 spiro atoms. The molecule has 0 radical (unpaired) electrons. The Morgan fingerprint density at radius 2 is 1.96 bits per heavy atom. The fourth-order valence-electron chi connectivity index (χ4n) is 7.55. The Bertz CT molecular complexity index is 776. The molecule has 3 saturated carbocycles. The second-order valence-corrected chi connectivity index (χ2v) is 9.88. The SMILES string of the molecule is CC1=C2C3OC34CC[C@@H]3[C@](C)(CO)[C@H](O)CC[C@@]3(C)[C@@H]4[C@H]3OC23OC1=O. The van der Waals surface area contributed by atoms with Crippen LogP contribution in [0.3, 0.4) is 0 Å². The lowest BCUT2D eigenvalue weighted by Crippen LogP contribution is -2.63. The van der Waals surface area contributed by atoms with Crippen molar-refractivity contribution >= 4 is 5.97 Å². The number of aliphatic hydroxyl groups is 2. The first-order chi connectivity index (χ1) is 12.2. The van der Waals surface area contributed by atoms with E-state index in [0.717, 1.165) is 24.8 Å². The van der Waals surface area contributed by atoms with Gasteiger partial charge in [-0.2, -0.15) is 0 Å². The molecule has 5 fully saturated rings. The van der Waals surface area contributed by atoms with E-state index in [2.05, 4.69) is 6.92 Å². The number of esters is 1. The van der Waals surface area contributed by atoms with Gasteiger partial charge in [-0.05, 0) is 43.9 Å². The lowest BCUT2D eigenvalue weighted by molar-refractivity contribution is -0.180. The molecule has 0 aromatic heterocycles. The predicted octanol–water partition coefficient (Wildman–Crippen LogP) is 1.29. The third-order valence-electron chi connectivity index (χ3n) is 8.95. The molecule has 2 saturated heterocycles. The summed E-state index contributed by atoms with van der Waals surface area (Å²) in [6.45, 7) is 6.08. The van der Waals surface area contributed by atoms with Gasteiger partial charge in [0.25, 0.3) is 5.79 Å². The summed E-state index contributed by atoms with van der Waals surface area (Å²) in [5, 5.41) is 20.8. The molecule has 6 heteroatoms. The van der Waals surface area contributed by atoms with Crippen molar-refractivity contribution in [3.8, 4) is 0 Å². The van der Waals surface area contributed by atoms with Gasteiger partial charge in [0.2, 0.25) is 0 Å². The van der Waals surface area contributed by atoms with E-state index >= 15 is 0 Å². The van der Waals surface area contributed by atoms with Crippen LogP contribution in [0.15, 0.2) is 11.1 Å². The molecular formula is C20H26O6. The van der Waals surface area contributed by atoms with Gasteiger partial charge >= 0.3 is 5.97 Å². The van der Waals surface area contributed by atoms with E-state index < -0.39 is 17.3 Å². The first-order valence-electron chi connectivity index (χ1n) is 9.84. The van der Waals surface area contributed by atoms with Crippen LogP contribution in [0.4, 0.5) is 0 Å². The smallest absolute Gasteiger partial charge is 0.336 e. The summed E-state index contributed by atoms with van der Waals surface area (Å²) < 4.78 is 18.2. The Morgan fingerprint density at radius 1 is 1.19 bits per heavy atom. The first kappa shape index (κ1) is 16.0. The fraction of sp³-hybridized carbons (Fsp3) is 0.850. The van der Waals surface area contributed by atoms with Gasteiger partial charge in [0.15, 0.2) is 0 Å². The second-order valence-electron chi connectivity index (χ2n) is 9.88. The molecule has 9 atom stereocenters. The van der Waals surface area contributed by atoms with Crippen LogP contribution in [0.1, 0.15) is 46.5 Å². The second kappa shape index (κ2) is 4.22. The predicted molar refractivity (Wildman–Crippen MR) is 88.8 cm³/mol. The number of hydrogen-bond donors (Lipinski definition) is 2. The fourth-order valence-corrected chi connectivity index (χ4v) is 7.55. The third-order valence-corrected chi connectivity index (χ3v) is 8.95. The van der Waals surface area contributed by atoms with Crippen LogP contribution in [0.25, 0.3) is 0 Å². The van der Waals surface area contributed by atoms with Gasteiger partial charge < -0.3 is 24.4 Å². The minimum atomic E-state index is -0.896. The summed E-state index contributed by atoms with van der Waals surface area (Å²) in [5.74, 6) is -0.867. The number of carbonyl (C=O) groups is 1. The number of epoxide rings is 2. The molecule has 6 nitrogen and oxygen atoms in total. The molecular weight excluding hydrogens is 336 g/mol. The largest absolute Gasteiger partial charge is 0.422 e. The number of carbonyl (C=O) groups excluding carboxylic acids is 1. The molecule has 3 unspecified atom stereocenters. The molecule has 0 bridgehead atoms. The first-order valence-corrected chi connectivity index (χ1v) is 9.84. The van der Waals surface area contributed by atoms with Gasteiger partial charge in [0, 0.05) is 22.5 Å². The maximum absolute atomic E-state index is 12.2. The maximum atomic E-state index is 12.2. The Labute approximate surface area is 152 Å². The van der Waals surface area contributed by atoms with E-state index in [0.29, 0.717) is 12.0 Å². The number of fused-ring (bicyclic) bond motifs is 4. The topological polar surface area (TPSA) is 91.8 Å². The van der Waals surface area contributed by atoms with E-state index in [4.69, 9.17) is 14.2 Å². The van der Waals surface area contributed by atoms with Crippen LogP contribution in [-0.2, 0) is 19.0 Å². The Hall–Kier alpha value is -0.950. The molecule has 26 heavy (non-hydrogen) atoms. The van der Waals surface area contributed by atoms with Gasteiger partial charge in [0.1, 0.15) is 17.8 Å². The van der Waals surface area contributed by atoms with Crippen LogP contribution in [0.5, 0.6) is 0 Å². The van der Waals surface area contributed by atoms with Crippen LogP contribution >= 0.6 is 0 Å². The highest BCUT2D eigenvalue weighted by Crippen LogP contribution is 2.77. The zero-order valence-electron chi connectivity index (χ0n) is 15.4. The summed E-state index contributed by atoms with van der Waals surface area (Å²) >= 11 is 0. The zero-order chi connectivity index (χ0) is 18.3. The Kier molecular flexibility index (Phi) is 2.60. The number of ether oxygens (including phenoxy) is 3. The van der Waals surface area contributed by atoms with Crippen molar-refractivity contribution in [1.82, 2.24) is 0 Å². The van der Waals surface area contributed by atoms with Crippen LogP contribution in [0.2, 0.25) is 0 Å². The van der Waals surface area contributed by atoms with Crippen LogP contribution in [-0.4, -0.2) is 52.5 Å². The number of rotatable bonds is 1. The Morgan fingerprint density at radius 3 is 2.69 bits per heavy atom. The van der Waals surface area contributed by atoms with E-state index in [9.17, 15) is 15.0 Å². The summed E-state index contributed by atoms with van der Waals surface area (Å²) in [5.41, 5.74) is 0.677. The van der Waals surface area contributed by atoms with Crippen molar-refractivity contribution in [3.05, 3.63) is 11.1 Å². The molecule has 3 aliphatic heterocycles. The summed E-state index contributed by atoms with van der Waals surface area (Å²) in [6, 6.07) is 0.